The fraction of sp³-hybridized carbons (Fsp3) is 1.00. The lowest BCUT2D eigenvalue weighted by Gasteiger charge is -2.43. The normalized spacial score (nSPS) is 23.6. The van der Waals surface area contributed by atoms with E-state index in [-0.39, 0.29) is 5.54 Å². The molecule has 0 amide bonds. The molecule has 1 N–H and O–H groups in total. The number of piperidine rings is 1. The van der Waals surface area contributed by atoms with Crippen LogP contribution < -0.4 is 4.72 Å². The quantitative estimate of drug-likeness (QED) is 0.812. The Morgan fingerprint density at radius 1 is 1.39 bits per heavy atom. The van der Waals surface area contributed by atoms with Crippen LogP contribution in [0.3, 0.4) is 0 Å². The Morgan fingerprint density at radius 2 is 2.00 bits per heavy atom. The Kier molecular flexibility index (Phi) is 5.17. The van der Waals surface area contributed by atoms with E-state index in [1.165, 1.54) is 31.2 Å². The fourth-order valence-electron chi connectivity index (χ4n) is 2.25. The molecular weight excluding hydrogens is 250 g/mol. The predicted octanol–water partition coefficient (Wildman–Crippen LogP) is 0.893. The van der Waals surface area contributed by atoms with Gasteiger partial charge in [-0.25, -0.2) is 4.72 Å². The van der Waals surface area contributed by atoms with E-state index in [2.05, 4.69) is 30.4 Å². The van der Waals surface area contributed by atoms with Gasteiger partial charge >= 0.3 is 0 Å². The summed E-state index contributed by atoms with van der Waals surface area (Å²) in [6, 6.07) is 0. The molecule has 0 aromatic carbocycles. The van der Waals surface area contributed by atoms with Gasteiger partial charge < -0.3 is 0 Å². The monoisotopic (exact) mass is 277 g/mol. The summed E-state index contributed by atoms with van der Waals surface area (Å²) in [6.07, 6.45) is 2.47. The minimum atomic E-state index is -3.33. The summed E-state index contributed by atoms with van der Waals surface area (Å²) in [5, 5.41) is 0. The van der Waals surface area contributed by atoms with Gasteiger partial charge in [-0.2, -0.15) is 12.7 Å². The van der Waals surface area contributed by atoms with E-state index in [9.17, 15) is 8.42 Å². The van der Waals surface area contributed by atoms with Crippen LogP contribution in [0, 0.1) is 5.92 Å². The Hall–Kier alpha value is -0.170. The summed E-state index contributed by atoms with van der Waals surface area (Å²) >= 11 is 0. The maximum absolute atomic E-state index is 11.7. The summed E-state index contributed by atoms with van der Waals surface area (Å²) in [5.74, 6) is 0.698. The molecule has 1 unspecified atom stereocenters. The molecule has 1 saturated heterocycles. The van der Waals surface area contributed by atoms with E-state index in [0.717, 1.165) is 13.1 Å². The summed E-state index contributed by atoms with van der Waals surface area (Å²) in [7, 11) is -0.247. The van der Waals surface area contributed by atoms with Crippen LogP contribution in [0.15, 0.2) is 0 Å². The number of hydrogen-bond acceptors (Lipinski definition) is 3. The van der Waals surface area contributed by atoms with Crippen molar-refractivity contribution in [2.24, 2.45) is 5.92 Å². The van der Waals surface area contributed by atoms with Crippen LogP contribution in [0.2, 0.25) is 0 Å². The molecule has 0 aliphatic carbocycles. The molecule has 108 valence electrons. The highest BCUT2D eigenvalue weighted by Crippen LogP contribution is 2.23. The van der Waals surface area contributed by atoms with Gasteiger partial charge in [-0.15, -0.1) is 0 Å². The molecule has 0 bridgehead atoms. The van der Waals surface area contributed by atoms with Gasteiger partial charge in [0.25, 0.3) is 10.2 Å². The largest absolute Gasteiger partial charge is 0.297 e. The van der Waals surface area contributed by atoms with E-state index in [4.69, 9.17) is 0 Å². The highest BCUT2D eigenvalue weighted by Gasteiger charge is 2.31. The zero-order valence-corrected chi connectivity index (χ0v) is 13.0. The molecule has 0 saturated carbocycles. The van der Waals surface area contributed by atoms with Crippen molar-refractivity contribution in [2.75, 3.05) is 33.7 Å². The molecule has 0 aromatic rings. The van der Waals surface area contributed by atoms with Crippen molar-refractivity contribution in [3.63, 3.8) is 0 Å². The lowest BCUT2D eigenvalue weighted by molar-refractivity contribution is 0.0744. The van der Waals surface area contributed by atoms with Crippen molar-refractivity contribution in [3.05, 3.63) is 0 Å². The Balaban J connectivity index is 2.59. The zero-order chi connectivity index (χ0) is 14.0. The number of likely N-dealkylation sites (tertiary alicyclic amines) is 1. The number of hydrogen-bond donors (Lipinski definition) is 1. The molecule has 0 radical (unpaired) electrons. The average molecular weight is 277 g/mol. The van der Waals surface area contributed by atoms with E-state index < -0.39 is 10.2 Å². The van der Waals surface area contributed by atoms with Crippen LogP contribution in [-0.4, -0.2) is 56.9 Å². The van der Waals surface area contributed by atoms with Crippen molar-refractivity contribution in [3.8, 4) is 0 Å². The third kappa shape index (κ3) is 4.19. The summed E-state index contributed by atoms with van der Waals surface area (Å²) < 4.78 is 27.3. The second-order valence-electron chi connectivity index (χ2n) is 6.11. The van der Waals surface area contributed by atoms with Crippen molar-refractivity contribution in [1.82, 2.24) is 13.9 Å². The summed E-state index contributed by atoms with van der Waals surface area (Å²) in [6.45, 7) is 9.01. The van der Waals surface area contributed by atoms with Crippen molar-refractivity contribution < 1.29 is 8.42 Å². The first-order valence-corrected chi connectivity index (χ1v) is 8.01. The van der Waals surface area contributed by atoms with Gasteiger partial charge in [0.15, 0.2) is 0 Å². The van der Waals surface area contributed by atoms with Gasteiger partial charge in [0.05, 0.1) is 0 Å². The fourth-order valence-corrected chi connectivity index (χ4v) is 3.04. The molecule has 1 rings (SSSR count). The topological polar surface area (TPSA) is 52.7 Å². The maximum atomic E-state index is 11.7. The van der Waals surface area contributed by atoms with Crippen molar-refractivity contribution in [1.29, 1.82) is 0 Å². The SMILES string of the molecule is CC1CCCN(C(C)(C)CNS(=O)(=O)N(C)C)C1. The predicted molar refractivity (Wildman–Crippen MR) is 74.7 cm³/mol. The Morgan fingerprint density at radius 3 is 2.50 bits per heavy atom. The first-order chi connectivity index (χ1) is 8.15. The zero-order valence-electron chi connectivity index (χ0n) is 12.2. The number of nitrogens with one attached hydrogen (secondary N) is 1. The number of nitrogens with zero attached hydrogens (tertiary/aromatic N) is 2. The first kappa shape index (κ1) is 15.9. The van der Waals surface area contributed by atoms with Gasteiger partial charge in [-0.3, -0.25) is 4.90 Å². The lowest BCUT2D eigenvalue weighted by Crippen LogP contribution is -2.55. The van der Waals surface area contributed by atoms with E-state index >= 15 is 0 Å². The van der Waals surface area contributed by atoms with Gasteiger partial charge in [-0.1, -0.05) is 6.92 Å². The second kappa shape index (κ2) is 5.86. The smallest absolute Gasteiger partial charge is 0.278 e. The molecule has 1 aliphatic heterocycles. The minimum absolute atomic E-state index is 0.141. The minimum Gasteiger partial charge on any atom is -0.297 e. The molecule has 1 aliphatic rings. The van der Waals surface area contributed by atoms with Crippen molar-refractivity contribution in [2.45, 2.75) is 39.2 Å². The van der Waals surface area contributed by atoms with Gasteiger partial charge in [-0.05, 0) is 39.2 Å². The Labute approximate surface area is 112 Å². The average Bonchev–Trinajstić information content (AvgIpc) is 2.26. The molecule has 1 heterocycles. The van der Waals surface area contributed by atoms with E-state index in [1.54, 1.807) is 0 Å². The third-order valence-corrected chi connectivity index (χ3v) is 5.15. The molecule has 1 fully saturated rings. The van der Waals surface area contributed by atoms with Crippen LogP contribution in [-0.2, 0) is 10.2 Å². The van der Waals surface area contributed by atoms with Gasteiger partial charge in [0.2, 0.25) is 0 Å². The molecular formula is C12H27N3O2S. The van der Waals surface area contributed by atoms with Crippen LogP contribution in [0.1, 0.15) is 33.6 Å². The molecule has 0 spiro atoms. The Bertz CT molecular complexity index is 366. The highest BCUT2D eigenvalue weighted by molar-refractivity contribution is 7.87. The van der Waals surface area contributed by atoms with Crippen molar-refractivity contribution >= 4 is 10.2 Å². The van der Waals surface area contributed by atoms with Gasteiger partial charge in [0, 0.05) is 32.7 Å². The van der Waals surface area contributed by atoms with Crippen LogP contribution in [0.5, 0.6) is 0 Å². The molecule has 1 atom stereocenters. The third-order valence-electron chi connectivity index (χ3n) is 3.68. The molecule has 6 heteroatoms. The first-order valence-electron chi connectivity index (χ1n) is 6.57. The van der Waals surface area contributed by atoms with Gasteiger partial charge in [0.1, 0.15) is 0 Å². The van der Waals surface area contributed by atoms with E-state index in [1.807, 2.05) is 0 Å². The molecule has 5 nitrogen and oxygen atoms in total. The van der Waals surface area contributed by atoms with Crippen LogP contribution >= 0.6 is 0 Å². The van der Waals surface area contributed by atoms with Crippen LogP contribution in [0.4, 0.5) is 0 Å². The molecule has 0 aromatic heterocycles. The lowest BCUT2D eigenvalue weighted by atomic mass is 9.94. The standard InChI is InChI=1S/C12H27N3O2S/c1-11-7-6-8-15(9-11)12(2,3)10-13-18(16,17)14(4)5/h11,13H,6-10H2,1-5H3. The second-order valence-corrected chi connectivity index (χ2v) is 8.08. The molecule has 18 heavy (non-hydrogen) atoms. The highest BCUT2D eigenvalue weighted by atomic mass is 32.2. The summed E-state index contributed by atoms with van der Waals surface area (Å²) in [4.78, 5) is 2.39. The van der Waals surface area contributed by atoms with Crippen LogP contribution in [0.25, 0.3) is 0 Å². The van der Waals surface area contributed by atoms with E-state index in [0.29, 0.717) is 12.5 Å². The number of rotatable bonds is 5. The maximum Gasteiger partial charge on any atom is 0.278 e. The summed E-state index contributed by atoms with van der Waals surface area (Å²) in [5.41, 5.74) is -0.141.